The maximum atomic E-state index is 6.28. The van der Waals surface area contributed by atoms with Crippen molar-refractivity contribution in [2.75, 3.05) is 20.6 Å². The Hall–Kier alpha value is -1.91. The first kappa shape index (κ1) is 19.1. The topological polar surface area (TPSA) is 48.8 Å². The molecule has 0 aliphatic rings. The summed E-state index contributed by atoms with van der Waals surface area (Å²) in [6.45, 7) is 6.82. The molecule has 0 saturated carbocycles. The Morgan fingerprint density at radius 1 is 1.30 bits per heavy atom. The molecule has 0 amide bonds. The number of halogens is 1. The molecule has 0 heterocycles. The molecule has 0 aliphatic heterocycles. The van der Waals surface area contributed by atoms with Gasteiger partial charge in [-0.05, 0) is 51.1 Å². The SMILES string of the molecule is C=CC(=N/C(CCCNC)=C(C)/C=N\NC)c1ccccc1Cl. The van der Waals surface area contributed by atoms with E-state index in [1.165, 1.54) is 0 Å². The van der Waals surface area contributed by atoms with Gasteiger partial charge in [-0.25, -0.2) is 0 Å². The number of hydrazone groups is 1. The summed E-state index contributed by atoms with van der Waals surface area (Å²) in [6, 6.07) is 7.65. The van der Waals surface area contributed by atoms with Crippen LogP contribution in [-0.2, 0) is 0 Å². The zero-order chi connectivity index (χ0) is 17.1. The highest BCUT2D eigenvalue weighted by Crippen LogP contribution is 2.20. The summed E-state index contributed by atoms with van der Waals surface area (Å²) in [4.78, 5) is 4.80. The number of aliphatic imine (C=N–C) groups is 1. The van der Waals surface area contributed by atoms with E-state index in [9.17, 15) is 0 Å². The summed E-state index contributed by atoms with van der Waals surface area (Å²) in [5.74, 6) is 0. The van der Waals surface area contributed by atoms with Gasteiger partial charge in [-0.15, -0.1) is 0 Å². The lowest BCUT2D eigenvalue weighted by Crippen LogP contribution is -2.08. The number of hydrogen-bond donors (Lipinski definition) is 2. The van der Waals surface area contributed by atoms with Gasteiger partial charge in [-0.2, -0.15) is 5.10 Å². The molecular weight excluding hydrogens is 308 g/mol. The van der Waals surface area contributed by atoms with Crippen LogP contribution in [-0.4, -0.2) is 32.6 Å². The fraction of sp³-hybridized carbons (Fsp3) is 0.333. The summed E-state index contributed by atoms with van der Waals surface area (Å²) in [5, 5.41) is 7.90. The van der Waals surface area contributed by atoms with E-state index in [4.69, 9.17) is 16.6 Å². The van der Waals surface area contributed by atoms with Crippen molar-refractivity contribution in [3.05, 3.63) is 58.8 Å². The highest BCUT2D eigenvalue weighted by molar-refractivity contribution is 6.35. The average molecular weight is 333 g/mol. The lowest BCUT2D eigenvalue weighted by Gasteiger charge is -2.09. The van der Waals surface area contributed by atoms with E-state index in [0.717, 1.165) is 41.9 Å². The third kappa shape index (κ3) is 6.38. The van der Waals surface area contributed by atoms with Crippen molar-refractivity contribution < 1.29 is 0 Å². The first-order valence-electron chi connectivity index (χ1n) is 7.64. The Bertz CT molecular complexity index is 603. The molecule has 0 saturated heterocycles. The Labute approximate surface area is 144 Å². The fourth-order valence-corrected chi connectivity index (χ4v) is 2.27. The summed E-state index contributed by atoms with van der Waals surface area (Å²) in [6.07, 6.45) is 5.37. The second-order valence-corrected chi connectivity index (χ2v) is 5.41. The molecule has 0 aliphatic carbocycles. The molecule has 0 bridgehead atoms. The molecule has 124 valence electrons. The van der Waals surface area contributed by atoms with Gasteiger partial charge >= 0.3 is 0 Å². The van der Waals surface area contributed by atoms with Crippen molar-refractivity contribution in [1.29, 1.82) is 0 Å². The van der Waals surface area contributed by atoms with Crippen LogP contribution in [0.3, 0.4) is 0 Å². The zero-order valence-corrected chi connectivity index (χ0v) is 14.8. The summed E-state index contributed by atoms with van der Waals surface area (Å²) in [7, 11) is 3.72. The van der Waals surface area contributed by atoms with Gasteiger partial charge in [0.05, 0.1) is 11.9 Å². The van der Waals surface area contributed by atoms with Crippen LogP contribution in [0.4, 0.5) is 0 Å². The van der Waals surface area contributed by atoms with Crippen molar-refractivity contribution >= 4 is 23.5 Å². The molecule has 5 heteroatoms. The predicted octanol–water partition coefficient (Wildman–Crippen LogP) is 3.79. The Morgan fingerprint density at radius 3 is 2.65 bits per heavy atom. The van der Waals surface area contributed by atoms with Crippen molar-refractivity contribution in [3.8, 4) is 0 Å². The van der Waals surface area contributed by atoms with Gasteiger partial charge in [0.2, 0.25) is 0 Å². The number of benzene rings is 1. The van der Waals surface area contributed by atoms with Gasteiger partial charge < -0.3 is 10.7 Å². The van der Waals surface area contributed by atoms with Gasteiger partial charge in [0.1, 0.15) is 0 Å². The van der Waals surface area contributed by atoms with Crippen LogP contribution in [0.15, 0.2) is 58.3 Å². The van der Waals surface area contributed by atoms with E-state index in [-0.39, 0.29) is 0 Å². The average Bonchev–Trinajstić information content (AvgIpc) is 2.56. The highest BCUT2D eigenvalue weighted by atomic mass is 35.5. The third-order valence-corrected chi connectivity index (χ3v) is 3.61. The molecule has 0 spiro atoms. The summed E-state index contributed by atoms with van der Waals surface area (Å²) in [5.41, 5.74) is 6.41. The van der Waals surface area contributed by atoms with Crippen LogP contribution in [0.25, 0.3) is 0 Å². The smallest absolute Gasteiger partial charge is 0.0714 e. The second-order valence-electron chi connectivity index (χ2n) is 5.00. The van der Waals surface area contributed by atoms with E-state index in [0.29, 0.717) is 5.02 Å². The fourth-order valence-electron chi connectivity index (χ4n) is 2.04. The highest BCUT2D eigenvalue weighted by Gasteiger charge is 2.07. The first-order valence-corrected chi connectivity index (χ1v) is 8.02. The first-order chi connectivity index (χ1) is 11.1. The molecule has 0 atom stereocenters. The lowest BCUT2D eigenvalue weighted by atomic mass is 10.1. The molecule has 0 unspecified atom stereocenters. The molecule has 0 aromatic heterocycles. The van der Waals surface area contributed by atoms with Crippen molar-refractivity contribution in [1.82, 2.24) is 10.7 Å². The van der Waals surface area contributed by atoms with Gasteiger partial charge in [0.15, 0.2) is 0 Å². The quantitative estimate of drug-likeness (QED) is 0.410. The molecular formula is C18H25ClN4. The molecule has 4 nitrogen and oxygen atoms in total. The summed E-state index contributed by atoms with van der Waals surface area (Å²) >= 11 is 6.28. The maximum Gasteiger partial charge on any atom is 0.0714 e. The molecule has 1 aromatic carbocycles. The molecule has 0 fully saturated rings. The van der Waals surface area contributed by atoms with E-state index in [2.05, 4.69) is 22.4 Å². The van der Waals surface area contributed by atoms with Crippen molar-refractivity contribution in [2.45, 2.75) is 19.8 Å². The minimum atomic E-state index is 0.669. The number of allylic oxidation sites excluding steroid dienone is 3. The van der Waals surface area contributed by atoms with Crippen molar-refractivity contribution in [3.63, 3.8) is 0 Å². The van der Waals surface area contributed by atoms with Gasteiger partial charge in [-0.3, -0.25) is 4.99 Å². The molecule has 1 aromatic rings. The Morgan fingerprint density at radius 2 is 2.04 bits per heavy atom. The van der Waals surface area contributed by atoms with Gasteiger partial charge in [0, 0.05) is 23.3 Å². The van der Waals surface area contributed by atoms with Gasteiger partial charge in [0.25, 0.3) is 0 Å². The van der Waals surface area contributed by atoms with Crippen LogP contribution in [0.5, 0.6) is 0 Å². The minimum Gasteiger partial charge on any atom is -0.320 e. The minimum absolute atomic E-state index is 0.669. The largest absolute Gasteiger partial charge is 0.320 e. The molecule has 1 rings (SSSR count). The molecule has 2 N–H and O–H groups in total. The second kappa shape index (κ2) is 10.8. The lowest BCUT2D eigenvalue weighted by molar-refractivity contribution is 0.716. The third-order valence-electron chi connectivity index (χ3n) is 3.28. The van der Waals surface area contributed by atoms with Gasteiger partial charge in [-0.1, -0.05) is 36.4 Å². The zero-order valence-electron chi connectivity index (χ0n) is 14.1. The summed E-state index contributed by atoms with van der Waals surface area (Å²) < 4.78 is 0. The number of nitrogens with zero attached hydrogens (tertiary/aromatic N) is 2. The van der Waals surface area contributed by atoms with Crippen LogP contribution in [0.2, 0.25) is 5.02 Å². The van der Waals surface area contributed by atoms with Crippen LogP contribution < -0.4 is 10.7 Å². The van der Waals surface area contributed by atoms with E-state index < -0.39 is 0 Å². The Balaban J connectivity index is 3.21. The number of nitrogens with one attached hydrogen (secondary N) is 2. The van der Waals surface area contributed by atoms with E-state index in [1.54, 1.807) is 19.3 Å². The normalized spacial score (nSPS) is 13.1. The number of rotatable bonds is 9. The molecule has 23 heavy (non-hydrogen) atoms. The molecule has 0 radical (unpaired) electrons. The van der Waals surface area contributed by atoms with E-state index >= 15 is 0 Å². The van der Waals surface area contributed by atoms with Crippen LogP contribution in [0.1, 0.15) is 25.3 Å². The standard InChI is InChI=1S/C18H25ClN4/c1-5-17(15-9-6-7-10-16(15)19)23-18(11-8-12-20-3)14(2)13-22-21-4/h5-7,9-10,13,20-21H,1,8,11-12H2,2-4H3/b18-14+,22-13-,23-17?. The Kier molecular flexibility index (Phi) is 8.95. The maximum absolute atomic E-state index is 6.28. The van der Waals surface area contributed by atoms with Crippen molar-refractivity contribution in [2.24, 2.45) is 10.1 Å². The van der Waals surface area contributed by atoms with Crippen LogP contribution in [0, 0.1) is 0 Å². The predicted molar refractivity (Wildman–Crippen MR) is 102 cm³/mol. The monoisotopic (exact) mass is 332 g/mol. The van der Waals surface area contributed by atoms with Crippen LogP contribution >= 0.6 is 11.6 Å². The van der Waals surface area contributed by atoms with E-state index in [1.807, 2.05) is 38.2 Å². The number of hydrogen-bond acceptors (Lipinski definition) is 4.